The number of nitrogens with one attached hydrogen (secondary N) is 4. The van der Waals surface area contributed by atoms with Crippen LogP contribution >= 0.6 is 11.8 Å². The van der Waals surface area contributed by atoms with Crippen molar-refractivity contribution in [3.05, 3.63) is 114 Å². The summed E-state index contributed by atoms with van der Waals surface area (Å²) in [5.41, 5.74) is 2.75. The molecular formula is C30H25N5O4S. The maximum absolute atomic E-state index is 13.3. The van der Waals surface area contributed by atoms with Crippen LogP contribution in [-0.2, 0) is 9.59 Å². The molecule has 0 fully saturated rings. The van der Waals surface area contributed by atoms with Crippen molar-refractivity contribution in [2.75, 3.05) is 16.4 Å². The van der Waals surface area contributed by atoms with Crippen molar-refractivity contribution >= 4 is 58.0 Å². The number of carbonyl (C=O) groups is 3. The van der Waals surface area contributed by atoms with Gasteiger partial charge in [-0.1, -0.05) is 41.6 Å². The third-order valence-corrected chi connectivity index (χ3v) is 6.84. The van der Waals surface area contributed by atoms with E-state index in [0.717, 1.165) is 21.4 Å². The number of benzene rings is 3. The number of H-pyrrole nitrogens is 1. The number of aryl methyl sites for hydroxylation is 1. The molecule has 0 saturated carbocycles. The van der Waals surface area contributed by atoms with Crippen molar-refractivity contribution in [2.24, 2.45) is 0 Å². The van der Waals surface area contributed by atoms with Gasteiger partial charge in [-0.25, -0.2) is 0 Å². The zero-order valence-electron chi connectivity index (χ0n) is 21.4. The Kier molecular flexibility index (Phi) is 8.07. The standard InChI is InChI=1S/C30H25N5O4S/c1-19-15-27(35-39-19)34-28(36)18-40-23-13-11-22(12-14-23)32-30(38)26(33-29(37)20-7-3-2-4-8-20)16-21-17-31-25-10-6-5-9-24(21)25/h2-17,31H,18H2,1H3,(H,32,38)(H,33,37)(H,34,35,36)/b26-16-. The van der Waals surface area contributed by atoms with Crippen LogP contribution < -0.4 is 16.0 Å². The molecule has 5 aromatic rings. The second-order valence-corrected chi connectivity index (χ2v) is 9.85. The lowest BCUT2D eigenvalue weighted by atomic mass is 10.1. The minimum atomic E-state index is -0.475. The SMILES string of the molecule is Cc1cc(NC(=O)CSc2ccc(NC(=O)/C(=C/c3c[nH]c4ccccc34)NC(=O)c3ccccc3)cc2)no1. The zero-order valence-corrected chi connectivity index (χ0v) is 22.2. The Labute approximate surface area is 234 Å². The van der Waals surface area contributed by atoms with Crippen LogP contribution in [0.4, 0.5) is 11.5 Å². The van der Waals surface area contributed by atoms with E-state index in [1.54, 1.807) is 73.8 Å². The Morgan fingerprint density at radius 1 is 0.950 bits per heavy atom. The first-order valence-electron chi connectivity index (χ1n) is 12.4. The fourth-order valence-electron chi connectivity index (χ4n) is 3.90. The van der Waals surface area contributed by atoms with Crippen LogP contribution in [0.15, 0.2) is 106 Å². The first-order valence-corrected chi connectivity index (χ1v) is 13.3. The second kappa shape index (κ2) is 12.2. The molecule has 0 aliphatic carbocycles. The molecule has 200 valence electrons. The molecule has 4 N–H and O–H groups in total. The molecule has 5 rings (SSSR count). The number of amides is 3. The number of carbonyl (C=O) groups excluding carboxylic acids is 3. The molecular weight excluding hydrogens is 526 g/mol. The van der Waals surface area contributed by atoms with Gasteiger partial charge in [0, 0.05) is 44.9 Å². The van der Waals surface area contributed by atoms with Crippen LogP contribution in [0, 0.1) is 6.92 Å². The fraction of sp³-hybridized carbons (Fsp3) is 0.0667. The van der Waals surface area contributed by atoms with Crippen molar-refractivity contribution in [3.8, 4) is 0 Å². The average molecular weight is 552 g/mol. The number of para-hydroxylation sites is 1. The van der Waals surface area contributed by atoms with E-state index in [1.165, 1.54) is 11.8 Å². The highest BCUT2D eigenvalue weighted by molar-refractivity contribution is 8.00. The van der Waals surface area contributed by atoms with Crippen molar-refractivity contribution in [2.45, 2.75) is 11.8 Å². The number of nitrogens with zero attached hydrogens (tertiary/aromatic N) is 1. The van der Waals surface area contributed by atoms with E-state index in [4.69, 9.17) is 4.52 Å². The van der Waals surface area contributed by atoms with Crippen LogP contribution in [-0.4, -0.2) is 33.6 Å². The molecule has 10 heteroatoms. The average Bonchev–Trinajstić information content (AvgIpc) is 3.58. The molecule has 0 aliphatic heterocycles. The van der Waals surface area contributed by atoms with Gasteiger partial charge in [-0.3, -0.25) is 14.4 Å². The molecule has 0 radical (unpaired) electrons. The summed E-state index contributed by atoms with van der Waals surface area (Å²) >= 11 is 1.34. The minimum absolute atomic E-state index is 0.0943. The van der Waals surface area contributed by atoms with Gasteiger partial charge in [-0.05, 0) is 55.5 Å². The van der Waals surface area contributed by atoms with Crippen molar-refractivity contribution in [1.82, 2.24) is 15.5 Å². The Morgan fingerprint density at radius 3 is 2.45 bits per heavy atom. The van der Waals surface area contributed by atoms with E-state index in [2.05, 4.69) is 26.1 Å². The number of anilines is 2. The van der Waals surface area contributed by atoms with Crippen LogP contribution in [0.2, 0.25) is 0 Å². The summed E-state index contributed by atoms with van der Waals surface area (Å²) in [6.45, 7) is 1.75. The van der Waals surface area contributed by atoms with Gasteiger partial charge >= 0.3 is 0 Å². The number of aromatic nitrogens is 2. The van der Waals surface area contributed by atoms with Gasteiger partial charge in [0.05, 0.1) is 5.75 Å². The van der Waals surface area contributed by atoms with Gasteiger partial charge in [-0.2, -0.15) is 0 Å². The van der Waals surface area contributed by atoms with Gasteiger partial charge in [0.25, 0.3) is 11.8 Å². The van der Waals surface area contributed by atoms with E-state index in [1.807, 2.05) is 30.3 Å². The van der Waals surface area contributed by atoms with Crippen molar-refractivity contribution < 1.29 is 18.9 Å². The molecule has 40 heavy (non-hydrogen) atoms. The highest BCUT2D eigenvalue weighted by atomic mass is 32.2. The molecule has 2 heterocycles. The summed E-state index contributed by atoms with van der Waals surface area (Å²) in [4.78, 5) is 42.4. The lowest BCUT2D eigenvalue weighted by Crippen LogP contribution is -2.30. The summed E-state index contributed by atoms with van der Waals surface area (Å²) in [6.07, 6.45) is 3.44. The summed E-state index contributed by atoms with van der Waals surface area (Å²) < 4.78 is 4.95. The Balaban J connectivity index is 1.28. The molecule has 2 aromatic heterocycles. The van der Waals surface area contributed by atoms with Crippen molar-refractivity contribution in [3.63, 3.8) is 0 Å². The van der Waals surface area contributed by atoms with E-state index in [0.29, 0.717) is 22.8 Å². The first kappa shape index (κ1) is 26.5. The third kappa shape index (κ3) is 6.66. The van der Waals surface area contributed by atoms with Gasteiger partial charge in [0.2, 0.25) is 5.91 Å². The summed E-state index contributed by atoms with van der Waals surface area (Å²) in [6, 6.07) is 25.1. The molecule has 3 aromatic carbocycles. The predicted molar refractivity (Wildman–Crippen MR) is 156 cm³/mol. The van der Waals surface area contributed by atoms with E-state index < -0.39 is 11.8 Å². The van der Waals surface area contributed by atoms with Gasteiger partial charge in [0.1, 0.15) is 11.5 Å². The number of fused-ring (bicyclic) bond motifs is 1. The topological polar surface area (TPSA) is 129 Å². The Bertz CT molecular complexity index is 1690. The van der Waals surface area contributed by atoms with Gasteiger partial charge < -0.3 is 25.5 Å². The monoisotopic (exact) mass is 551 g/mol. The summed E-state index contributed by atoms with van der Waals surface area (Å²) in [7, 11) is 0. The highest BCUT2D eigenvalue weighted by Crippen LogP contribution is 2.23. The fourth-order valence-corrected chi connectivity index (χ4v) is 4.60. The number of hydrogen-bond donors (Lipinski definition) is 4. The number of aromatic amines is 1. The molecule has 0 saturated heterocycles. The number of rotatable bonds is 9. The third-order valence-electron chi connectivity index (χ3n) is 5.83. The molecule has 9 nitrogen and oxygen atoms in total. The van der Waals surface area contributed by atoms with Crippen molar-refractivity contribution in [1.29, 1.82) is 0 Å². The van der Waals surface area contributed by atoms with E-state index >= 15 is 0 Å². The summed E-state index contributed by atoms with van der Waals surface area (Å²) in [5, 5.41) is 12.9. The molecule has 0 unspecified atom stereocenters. The lowest BCUT2D eigenvalue weighted by Gasteiger charge is -2.12. The van der Waals surface area contributed by atoms with E-state index in [-0.39, 0.29) is 17.4 Å². The van der Waals surface area contributed by atoms with Gasteiger partial charge in [0.15, 0.2) is 5.82 Å². The van der Waals surface area contributed by atoms with Crippen LogP contribution in [0.3, 0.4) is 0 Å². The first-order chi connectivity index (χ1) is 19.4. The van der Waals surface area contributed by atoms with E-state index in [9.17, 15) is 14.4 Å². The lowest BCUT2D eigenvalue weighted by molar-refractivity contribution is -0.114. The number of hydrogen-bond acceptors (Lipinski definition) is 6. The van der Waals surface area contributed by atoms with Crippen LogP contribution in [0.5, 0.6) is 0 Å². The predicted octanol–water partition coefficient (Wildman–Crippen LogP) is 5.60. The molecule has 0 atom stereocenters. The molecule has 3 amide bonds. The van der Waals surface area contributed by atoms with Crippen LogP contribution in [0.1, 0.15) is 21.7 Å². The summed E-state index contributed by atoms with van der Waals surface area (Å²) in [5.74, 6) is 0.0826. The van der Waals surface area contributed by atoms with Crippen LogP contribution in [0.25, 0.3) is 17.0 Å². The largest absolute Gasteiger partial charge is 0.361 e. The smallest absolute Gasteiger partial charge is 0.272 e. The maximum atomic E-state index is 13.3. The maximum Gasteiger partial charge on any atom is 0.272 e. The minimum Gasteiger partial charge on any atom is -0.361 e. The Morgan fingerprint density at radius 2 is 1.70 bits per heavy atom. The zero-order chi connectivity index (χ0) is 27.9. The quantitative estimate of drug-likeness (QED) is 0.139. The molecule has 0 bridgehead atoms. The normalized spacial score (nSPS) is 11.3. The molecule has 0 spiro atoms. The molecule has 0 aliphatic rings. The number of thioether (sulfide) groups is 1. The highest BCUT2D eigenvalue weighted by Gasteiger charge is 2.16. The second-order valence-electron chi connectivity index (χ2n) is 8.81. The Hall–Kier alpha value is -5.09. The van der Waals surface area contributed by atoms with Gasteiger partial charge in [-0.15, -0.1) is 11.8 Å².